The predicted molar refractivity (Wildman–Crippen MR) is 95.4 cm³/mol. The summed E-state index contributed by atoms with van der Waals surface area (Å²) < 4.78 is 0. The first-order valence-corrected chi connectivity index (χ1v) is 8.34. The van der Waals surface area contributed by atoms with Crippen molar-refractivity contribution >= 4 is 23.4 Å². The zero-order valence-corrected chi connectivity index (χ0v) is 14.9. The van der Waals surface area contributed by atoms with Crippen LogP contribution in [0.5, 0.6) is 0 Å². The van der Waals surface area contributed by atoms with Gasteiger partial charge in [0.1, 0.15) is 17.7 Å². The zero-order valence-electron chi connectivity index (χ0n) is 14.2. The molecule has 4 heteroatoms. The Morgan fingerprint density at radius 1 is 1.39 bits per heavy atom. The van der Waals surface area contributed by atoms with Crippen LogP contribution in [0.2, 0.25) is 5.02 Å². The van der Waals surface area contributed by atoms with E-state index in [1.54, 1.807) is 6.08 Å². The summed E-state index contributed by atoms with van der Waals surface area (Å²) in [5, 5.41) is 18.5. The molecule has 0 radical (unpaired) electrons. The lowest BCUT2D eigenvalue weighted by atomic mass is 9.79. The Hall–Kier alpha value is -1.97. The highest BCUT2D eigenvalue weighted by Gasteiger charge is 2.36. The fraction of sp³-hybridized carbons (Fsp3) is 0.474. The van der Waals surface area contributed by atoms with Crippen molar-refractivity contribution in [2.75, 3.05) is 11.4 Å². The minimum atomic E-state index is 0.0704. The van der Waals surface area contributed by atoms with Crippen molar-refractivity contribution < 1.29 is 0 Å². The van der Waals surface area contributed by atoms with E-state index in [0.29, 0.717) is 10.9 Å². The molecule has 1 unspecified atom stereocenters. The average Bonchev–Trinajstić information content (AvgIpc) is 2.49. The van der Waals surface area contributed by atoms with Gasteiger partial charge in [-0.15, -0.1) is 0 Å². The number of rotatable bonds is 3. The molecule has 0 aromatic heterocycles. The van der Waals surface area contributed by atoms with Crippen LogP contribution in [0.15, 0.2) is 17.7 Å². The van der Waals surface area contributed by atoms with E-state index in [-0.39, 0.29) is 11.1 Å². The maximum Gasteiger partial charge on any atom is 0.130 e. The number of hydrogen-bond acceptors (Lipinski definition) is 3. The van der Waals surface area contributed by atoms with Gasteiger partial charge < -0.3 is 4.90 Å². The Morgan fingerprint density at radius 2 is 2.04 bits per heavy atom. The molecule has 0 saturated carbocycles. The minimum absolute atomic E-state index is 0.0704. The van der Waals surface area contributed by atoms with Crippen LogP contribution in [-0.4, -0.2) is 12.1 Å². The number of fused-ring (bicyclic) bond motifs is 1. The number of allylic oxidation sites excluding steroid dienone is 1. The Labute approximate surface area is 143 Å². The van der Waals surface area contributed by atoms with Crippen molar-refractivity contribution in [1.82, 2.24) is 0 Å². The van der Waals surface area contributed by atoms with E-state index in [0.717, 1.165) is 24.9 Å². The summed E-state index contributed by atoms with van der Waals surface area (Å²) in [6.45, 7) is 9.93. The van der Waals surface area contributed by atoms with Gasteiger partial charge in [0.2, 0.25) is 0 Å². The van der Waals surface area contributed by atoms with E-state index in [2.05, 4.69) is 32.6 Å². The summed E-state index contributed by atoms with van der Waals surface area (Å²) in [5.74, 6) is 0.408. The standard InChI is InChI=1S/C19H22ClN3/c1-5-6-23-18-9-17(20)15(7-14(11-21)12-22)8-16(18)13(2)10-19(23,3)4/h7-9,13H,5-6,10H2,1-4H3. The van der Waals surface area contributed by atoms with Crippen LogP contribution in [0.4, 0.5) is 5.69 Å². The number of nitrogens with zero attached hydrogens (tertiary/aromatic N) is 3. The number of halogens is 1. The number of anilines is 1. The Morgan fingerprint density at radius 3 is 2.61 bits per heavy atom. The van der Waals surface area contributed by atoms with Crippen LogP contribution >= 0.6 is 11.6 Å². The first-order chi connectivity index (χ1) is 10.8. The highest BCUT2D eigenvalue weighted by atomic mass is 35.5. The highest BCUT2D eigenvalue weighted by molar-refractivity contribution is 6.32. The summed E-state index contributed by atoms with van der Waals surface area (Å²) in [6.07, 6.45) is 3.71. The van der Waals surface area contributed by atoms with Gasteiger partial charge in [0.05, 0.1) is 0 Å². The third-order valence-electron chi connectivity index (χ3n) is 4.49. The van der Waals surface area contributed by atoms with E-state index in [4.69, 9.17) is 22.1 Å². The van der Waals surface area contributed by atoms with Crippen molar-refractivity contribution in [1.29, 1.82) is 10.5 Å². The van der Waals surface area contributed by atoms with E-state index in [9.17, 15) is 0 Å². The molecular formula is C19H22ClN3. The number of benzene rings is 1. The SMILES string of the molecule is CCCN1c2cc(Cl)c(C=C(C#N)C#N)cc2C(C)CC1(C)C. The molecule has 120 valence electrons. The smallest absolute Gasteiger partial charge is 0.130 e. The molecular weight excluding hydrogens is 306 g/mol. The topological polar surface area (TPSA) is 50.8 Å². The monoisotopic (exact) mass is 327 g/mol. The molecule has 2 rings (SSSR count). The van der Waals surface area contributed by atoms with Gasteiger partial charge in [0.25, 0.3) is 0 Å². The highest BCUT2D eigenvalue weighted by Crippen LogP contribution is 2.45. The molecule has 0 N–H and O–H groups in total. The van der Waals surface area contributed by atoms with E-state index >= 15 is 0 Å². The normalized spacial score (nSPS) is 18.6. The van der Waals surface area contributed by atoms with Crippen LogP contribution in [0.25, 0.3) is 6.08 Å². The van der Waals surface area contributed by atoms with Crippen LogP contribution in [0.3, 0.4) is 0 Å². The Balaban J connectivity index is 2.60. The molecule has 1 aromatic carbocycles. The molecule has 1 aliphatic rings. The van der Waals surface area contributed by atoms with Gasteiger partial charge in [-0.2, -0.15) is 10.5 Å². The zero-order chi connectivity index (χ0) is 17.2. The van der Waals surface area contributed by atoms with E-state index in [1.165, 1.54) is 11.3 Å². The third kappa shape index (κ3) is 3.36. The lowest BCUT2D eigenvalue weighted by Crippen LogP contribution is -2.48. The molecule has 0 spiro atoms. The molecule has 0 saturated heterocycles. The lowest BCUT2D eigenvalue weighted by molar-refractivity contribution is 0.376. The molecule has 1 aromatic rings. The number of nitriles is 2. The lowest BCUT2D eigenvalue weighted by Gasteiger charge is -2.47. The fourth-order valence-electron chi connectivity index (χ4n) is 3.52. The van der Waals surface area contributed by atoms with Crippen LogP contribution in [0, 0.1) is 22.7 Å². The number of hydrogen-bond donors (Lipinski definition) is 0. The second kappa shape index (κ2) is 6.65. The molecule has 1 aliphatic heterocycles. The summed E-state index contributed by atoms with van der Waals surface area (Å²) in [5.41, 5.74) is 3.32. The maximum absolute atomic E-state index is 8.96. The predicted octanol–water partition coefficient (Wildman–Crippen LogP) is 5.27. The molecule has 0 fully saturated rings. The summed E-state index contributed by atoms with van der Waals surface area (Å²) >= 11 is 6.44. The van der Waals surface area contributed by atoms with E-state index in [1.807, 2.05) is 24.3 Å². The van der Waals surface area contributed by atoms with Gasteiger partial charge >= 0.3 is 0 Å². The van der Waals surface area contributed by atoms with Gasteiger partial charge in [-0.3, -0.25) is 0 Å². The molecule has 3 nitrogen and oxygen atoms in total. The summed E-state index contributed by atoms with van der Waals surface area (Å²) in [7, 11) is 0. The molecule has 1 heterocycles. The van der Waals surface area contributed by atoms with E-state index < -0.39 is 0 Å². The van der Waals surface area contributed by atoms with Gasteiger partial charge in [0.15, 0.2) is 0 Å². The fourth-order valence-corrected chi connectivity index (χ4v) is 3.74. The minimum Gasteiger partial charge on any atom is -0.366 e. The molecule has 0 amide bonds. The van der Waals surface area contributed by atoms with Crippen molar-refractivity contribution in [2.45, 2.75) is 52.0 Å². The van der Waals surface area contributed by atoms with Crippen molar-refractivity contribution in [3.63, 3.8) is 0 Å². The largest absolute Gasteiger partial charge is 0.366 e. The molecule has 1 atom stereocenters. The van der Waals surface area contributed by atoms with Crippen molar-refractivity contribution in [3.05, 3.63) is 33.9 Å². The quantitative estimate of drug-likeness (QED) is 0.710. The van der Waals surface area contributed by atoms with Crippen molar-refractivity contribution in [2.24, 2.45) is 0 Å². The van der Waals surface area contributed by atoms with Crippen LogP contribution < -0.4 is 4.90 Å². The maximum atomic E-state index is 8.96. The first kappa shape index (κ1) is 17.4. The second-order valence-corrected chi connectivity index (χ2v) is 7.19. The molecule has 23 heavy (non-hydrogen) atoms. The second-order valence-electron chi connectivity index (χ2n) is 6.78. The van der Waals surface area contributed by atoms with Gasteiger partial charge in [-0.25, -0.2) is 0 Å². The van der Waals surface area contributed by atoms with Gasteiger partial charge in [-0.05, 0) is 61.9 Å². The Kier molecular flexibility index (Phi) is 5.03. The molecule has 0 bridgehead atoms. The van der Waals surface area contributed by atoms with Gasteiger partial charge in [-0.1, -0.05) is 25.4 Å². The Bertz CT molecular complexity index is 703. The average molecular weight is 328 g/mol. The van der Waals surface area contributed by atoms with Crippen LogP contribution in [-0.2, 0) is 0 Å². The molecule has 0 aliphatic carbocycles. The summed E-state index contributed by atoms with van der Waals surface area (Å²) in [6, 6.07) is 7.81. The third-order valence-corrected chi connectivity index (χ3v) is 4.82. The van der Waals surface area contributed by atoms with Crippen LogP contribution in [0.1, 0.15) is 57.6 Å². The van der Waals surface area contributed by atoms with Crippen molar-refractivity contribution in [3.8, 4) is 12.1 Å². The first-order valence-electron chi connectivity index (χ1n) is 7.97. The van der Waals surface area contributed by atoms with Gasteiger partial charge in [0, 0.05) is 22.8 Å². The summed E-state index contributed by atoms with van der Waals surface area (Å²) in [4.78, 5) is 2.43.